The zero-order chi connectivity index (χ0) is 22.4. The summed E-state index contributed by atoms with van der Waals surface area (Å²) in [6.45, 7) is 3.25. The van der Waals surface area contributed by atoms with Gasteiger partial charge in [0.15, 0.2) is 0 Å². The summed E-state index contributed by atoms with van der Waals surface area (Å²) < 4.78 is 19.3. The SMILES string of the molecule is CCOc1cc2ncnc(Nc3ccc(F)c(Cl)c3)c2cc1CC(=O)CCCN(C)C. The van der Waals surface area contributed by atoms with Crippen LogP contribution in [0.3, 0.4) is 0 Å². The Hall–Kier alpha value is -2.77. The Morgan fingerprint density at radius 2 is 2.03 bits per heavy atom. The molecule has 6 nitrogen and oxygen atoms in total. The van der Waals surface area contributed by atoms with Crippen molar-refractivity contribution in [3.63, 3.8) is 0 Å². The van der Waals surface area contributed by atoms with Crippen LogP contribution in [0, 0.1) is 5.82 Å². The molecular formula is C23H26ClFN4O2. The molecule has 0 fully saturated rings. The van der Waals surface area contributed by atoms with Crippen molar-refractivity contribution in [1.29, 1.82) is 0 Å². The van der Waals surface area contributed by atoms with Gasteiger partial charge in [-0.15, -0.1) is 0 Å². The number of halogens is 2. The maximum Gasteiger partial charge on any atom is 0.141 e. The number of aromatic nitrogens is 2. The number of benzene rings is 2. The number of rotatable bonds is 10. The number of hydrogen-bond donors (Lipinski definition) is 1. The molecule has 8 heteroatoms. The first-order chi connectivity index (χ1) is 14.9. The van der Waals surface area contributed by atoms with E-state index in [0.717, 1.165) is 23.9 Å². The third-order valence-corrected chi connectivity index (χ3v) is 5.04. The van der Waals surface area contributed by atoms with Gasteiger partial charge in [0.2, 0.25) is 0 Å². The highest BCUT2D eigenvalue weighted by molar-refractivity contribution is 6.31. The molecule has 0 bridgehead atoms. The van der Waals surface area contributed by atoms with Gasteiger partial charge in [0, 0.05) is 35.5 Å². The number of ether oxygens (including phenoxy) is 1. The van der Waals surface area contributed by atoms with E-state index in [2.05, 4.69) is 20.2 Å². The van der Waals surface area contributed by atoms with Gasteiger partial charge in [0.25, 0.3) is 0 Å². The van der Waals surface area contributed by atoms with Gasteiger partial charge in [-0.2, -0.15) is 0 Å². The Morgan fingerprint density at radius 1 is 1.23 bits per heavy atom. The molecule has 31 heavy (non-hydrogen) atoms. The minimum absolute atomic E-state index is 0.0194. The van der Waals surface area contributed by atoms with Crippen molar-refractivity contribution in [2.24, 2.45) is 0 Å². The van der Waals surface area contributed by atoms with E-state index in [0.29, 0.717) is 35.8 Å². The van der Waals surface area contributed by atoms with Crippen molar-refractivity contribution < 1.29 is 13.9 Å². The number of anilines is 2. The molecule has 0 aliphatic carbocycles. The molecular weight excluding hydrogens is 419 g/mol. The van der Waals surface area contributed by atoms with Crippen molar-refractivity contribution in [2.75, 3.05) is 32.6 Å². The number of Topliss-reactive ketones (excluding diaryl/α,β-unsaturated/α-hetero) is 1. The van der Waals surface area contributed by atoms with E-state index in [-0.39, 0.29) is 17.2 Å². The average molecular weight is 445 g/mol. The maximum atomic E-state index is 13.5. The predicted octanol–water partition coefficient (Wildman–Crippen LogP) is 5.02. The highest BCUT2D eigenvalue weighted by Crippen LogP contribution is 2.31. The lowest BCUT2D eigenvalue weighted by Crippen LogP contribution is -2.15. The van der Waals surface area contributed by atoms with Crippen molar-refractivity contribution >= 4 is 39.8 Å². The molecule has 3 rings (SSSR count). The second kappa shape index (κ2) is 10.5. The van der Waals surface area contributed by atoms with Crippen LogP contribution in [0.4, 0.5) is 15.9 Å². The highest BCUT2D eigenvalue weighted by atomic mass is 35.5. The number of carbonyl (C=O) groups excluding carboxylic acids is 1. The zero-order valence-corrected chi connectivity index (χ0v) is 18.7. The molecule has 0 unspecified atom stereocenters. The van der Waals surface area contributed by atoms with E-state index in [1.165, 1.54) is 18.5 Å². The lowest BCUT2D eigenvalue weighted by atomic mass is 10.0. The molecule has 0 atom stereocenters. The Bertz CT molecular complexity index is 1070. The van der Waals surface area contributed by atoms with E-state index in [9.17, 15) is 9.18 Å². The first-order valence-electron chi connectivity index (χ1n) is 10.2. The number of hydrogen-bond acceptors (Lipinski definition) is 6. The Labute approximate surface area is 186 Å². The summed E-state index contributed by atoms with van der Waals surface area (Å²) in [5.74, 6) is 0.845. The Balaban J connectivity index is 1.91. The van der Waals surface area contributed by atoms with Crippen molar-refractivity contribution in [2.45, 2.75) is 26.2 Å². The van der Waals surface area contributed by atoms with Crippen LogP contribution in [0.15, 0.2) is 36.7 Å². The molecule has 0 amide bonds. The zero-order valence-electron chi connectivity index (χ0n) is 17.9. The standard InChI is InChI=1S/C23H26ClFN4O2/c1-4-31-22-13-21-18(11-15(22)10-17(30)6-5-9-29(2)3)23(27-14-26-21)28-16-7-8-20(25)19(24)12-16/h7-8,11-14H,4-6,9-10H2,1-3H3,(H,26,27,28). The Kier molecular flexibility index (Phi) is 7.76. The summed E-state index contributed by atoms with van der Waals surface area (Å²) >= 11 is 5.89. The molecule has 0 saturated carbocycles. The minimum Gasteiger partial charge on any atom is -0.494 e. The second-order valence-corrected chi connectivity index (χ2v) is 7.92. The van der Waals surface area contributed by atoms with Gasteiger partial charge in [-0.1, -0.05) is 11.6 Å². The van der Waals surface area contributed by atoms with Gasteiger partial charge in [0.1, 0.15) is 29.5 Å². The summed E-state index contributed by atoms with van der Waals surface area (Å²) in [4.78, 5) is 23.3. The molecule has 0 spiro atoms. The van der Waals surface area contributed by atoms with Crippen molar-refractivity contribution in [3.05, 3.63) is 53.1 Å². The minimum atomic E-state index is -0.490. The molecule has 1 N–H and O–H groups in total. The maximum absolute atomic E-state index is 13.5. The summed E-state index contributed by atoms with van der Waals surface area (Å²) in [6.07, 6.45) is 3.03. The van der Waals surface area contributed by atoms with E-state index < -0.39 is 5.82 Å². The predicted molar refractivity (Wildman–Crippen MR) is 122 cm³/mol. The fourth-order valence-corrected chi connectivity index (χ4v) is 3.44. The van der Waals surface area contributed by atoms with Crippen LogP contribution in [-0.4, -0.2) is 47.9 Å². The van der Waals surface area contributed by atoms with Gasteiger partial charge < -0.3 is 15.0 Å². The number of carbonyl (C=O) groups is 1. The van der Waals surface area contributed by atoms with Crippen LogP contribution in [-0.2, 0) is 11.2 Å². The molecule has 3 aromatic rings. The van der Waals surface area contributed by atoms with Crippen LogP contribution in [0.25, 0.3) is 10.9 Å². The topological polar surface area (TPSA) is 67.4 Å². The molecule has 1 heterocycles. The van der Waals surface area contributed by atoms with Crippen LogP contribution >= 0.6 is 11.6 Å². The highest BCUT2D eigenvalue weighted by Gasteiger charge is 2.14. The quantitative estimate of drug-likeness (QED) is 0.473. The monoisotopic (exact) mass is 444 g/mol. The summed E-state index contributed by atoms with van der Waals surface area (Å²) in [6, 6.07) is 8.08. The van der Waals surface area contributed by atoms with Crippen LogP contribution in [0.2, 0.25) is 5.02 Å². The fraction of sp³-hybridized carbons (Fsp3) is 0.348. The lowest BCUT2D eigenvalue weighted by Gasteiger charge is -2.14. The first-order valence-corrected chi connectivity index (χ1v) is 10.5. The third-order valence-electron chi connectivity index (χ3n) is 4.75. The van der Waals surface area contributed by atoms with Gasteiger partial charge >= 0.3 is 0 Å². The van der Waals surface area contributed by atoms with Crippen LogP contribution < -0.4 is 10.1 Å². The second-order valence-electron chi connectivity index (χ2n) is 7.51. The Morgan fingerprint density at radius 3 is 2.74 bits per heavy atom. The number of ketones is 1. The van der Waals surface area contributed by atoms with E-state index in [4.69, 9.17) is 16.3 Å². The van der Waals surface area contributed by atoms with Gasteiger partial charge in [-0.05, 0) is 58.3 Å². The average Bonchev–Trinajstić information content (AvgIpc) is 2.71. The summed E-state index contributed by atoms with van der Waals surface area (Å²) in [7, 11) is 3.98. The molecule has 0 radical (unpaired) electrons. The van der Waals surface area contributed by atoms with Gasteiger partial charge in [0.05, 0.1) is 17.1 Å². The molecule has 0 aliphatic heterocycles. The molecule has 0 aliphatic rings. The molecule has 2 aromatic carbocycles. The number of nitrogens with one attached hydrogen (secondary N) is 1. The van der Waals surface area contributed by atoms with Crippen molar-refractivity contribution in [3.8, 4) is 5.75 Å². The molecule has 164 valence electrons. The summed E-state index contributed by atoms with van der Waals surface area (Å²) in [5.41, 5.74) is 2.07. The number of fused-ring (bicyclic) bond motifs is 1. The van der Waals surface area contributed by atoms with E-state index in [1.807, 2.05) is 33.2 Å². The van der Waals surface area contributed by atoms with E-state index >= 15 is 0 Å². The normalized spacial score (nSPS) is 11.2. The molecule has 0 saturated heterocycles. The molecule has 1 aromatic heterocycles. The van der Waals surface area contributed by atoms with Crippen LogP contribution in [0.5, 0.6) is 5.75 Å². The lowest BCUT2D eigenvalue weighted by molar-refractivity contribution is -0.118. The third kappa shape index (κ3) is 6.12. The fourth-order valence-electron chi connectivity index (χ4n) is 3.26. The van der Waals surface area contributed by atoms with Gasteiger partial charge in [-0.3, -0.25) is 4.79 Å². The number of nitrogens with zero attached hydrogens (tertiary/aromatic N) is 3. The smallest absolute Gasteiger partial charge is 0.141 e. The van der Waals surface area contributed by atoms with Gasteiger partial charge in [-0.25, -0.2) is 14.4 Å². The van der Waals surface area contributed by atoms with E-state index in [1.54, 1.807) is 6.07 Å². The first kappa shape index (κ1) is 22.9. The largest absolute Gasteiger partial charge is 0.494 e. The van der Waals surface area contributed by atoms with Crippen LogP contribution in [0.1, 0.15) is 25.3 Å². The van der Waals surface area contributed by atoms with Crippen molar-refractivity contribution in [1.82, 2.24) is 14.9 Å². The summed E-state index contributed by atoms with van der Waals surface area (Å²) in [5, 5.41) is 3.92.